The first-order chi connectivity index (χ1) is 59.7. The first-order valence-electron chi connectivity index (χ1n) is 39.4. The summed E-state index contributed by atoms with van der Waals surface area (Å²) in [7, 11) is 5.34. The Labute approximate surface area is 782 Å². The number of H-pyrrole nitrogens is 2. The number of para-hydroxylation sites is 4. The minimum absolute atomic E-state index is 0. The van der Waals surface area contributed by atoms with Gasteiger partial charge in [-0.25, -0.2) is 29.3 Å². The molecule has 35 heteroatoms. The van der Waals surface area contributed by atoms with Gasteiger partial charge in [0.15, 0.2) is 16.8 Å². The summed E-state index contributed by atoms with van der Waals surface area (Å²) in [6, 6.07) is 56.3. The van der Waals surface area contributed by atoms with Crippen LogP contribution in [0.3, 0.4) is 0 Å². The van der Waals surface area contributed by atoms with Crippen LogP contribution >= 0.6 is 61.5 Å². The number of ether oxygens (including phenoxy) is 6. The van der Waals surface area contributed by atoms with Crippen LogP contribution in [0.25, 0.3) is 75.3 Å². The number of methoxy groups -OCH3 is 3. The van der Waals surface area contributed by atoms with Crippen molar-refractivity contribution in [2.75, 3.05) is 48.3 Å². The molecule has 0 fully saturated rings. The molecule has 0 atom stereocenters. The average molecular weight is 1930 g/mol. The molecule has 0 saturated heterocycles. The molecule has 0 unspecified atom stereocenters. The van der Waals surface area contributed by atoms with Gasteiger partial charge >= 0.3 is 61.3 Å². The molecule has 0 aliphatic heterocycles. The summed E-state index contributed by atoms with van der Waals surface area (Å²) in [4.78, 5) is 65.6. The molecule has 7 aromatic heterocycles. The Morgan fingerprint density at radius 2 is 0.698 bits per heavy atom. The van der Waals surface area contributed by atoms with Crippen molar-refractivity contribution in [3.05, 3.63) is 267 Å². The zero-order valence-corrected chi connectivity index (χ0v) is 79.9. The number of aliphatic hydroxyl groups excluding tert-OH is 1. The maximum Gasteiger partial charge on any atom is 1.00 e. The summed E-state index contributed by atoms with van der Waals surface area (Å²) in [5, 5.41) is 22.4. The van der Waals surface area contributed by atoms with Crippen LogP contribution in [-0.4, -0.2) is 143 Å². The summed E-state index contributed by atoms with van der Waals surface area (Å²) < 4.78 is 146. The van der Waals surface area contributed by atoms with Gasteiger partial charge in [0.05, 0.1) is 72.6 Å². The predicted octanol–water partition coefficient (Wildman–Crippen LogP) is 22.1. The fourth-order valence-corrected chi connectivity index (χ4v) is 14.0. The van der Waals surface area contributed by atoms with Gasteiger partial charge in [-0.2, -0.15) is 39.5 Å². The van der Waals surface area contributed by atoms with Crippen LogP contribution in [0.2, 0.25) is 0 Å². The third-order valence-corrected chi connectivity index (χ3v) is 22.8. The number of aliphatic hydroxyl groups is 1. The number of fused-ring (bicyclic) bond motifs is 4. The molecule has 0 amide bonds. The van der Waals surface area contributed by atoms with E-state index in [2.05, 4.69) is 128 Å². The van der Waals surface area contributed by atoms with E-state index >= 15 is 0 Å². The summed E-state index contributed by atoms with van der Waals surface area (Å²) in [5.74, 6) is -1.44. The van der Waals surface area contributed by atoms with Gasteiger partial charge < -0.3 is 63.2 Å². The van der Waals surface area contributed by atoms with Crippen LogP contribution in [0.15, 0.2) is 219 Å². The molecule has 7 heterocycles. The van der Waals surface area contributed by atoms with Crippen LogP contribution < -0.4 is 18.9 Å². The second-order valence-electron chi connectivity index (χ2n) is 29.2. The Hall–Kier alpha value is -9.99. The third-order valence-electron chi connectivity index (χ3n) is 18.4. The molecule has 0 radical (unpaired) electrons. The number of hydrogen-bond donors (Lipinski definition) is 4. The van der Waals surface area contributed by atoms with Gasteiger partial charge in [-0.3, -0.25) is 4.79 Å². The molecule has 0 saturated carbocycles. The minimum Gasteiger partial charge on any atom is -0.870 e. The van der Waals surface area contributed by atoms with Gasteiger partial charge in [-0.05, 0) is 203 Å². The molecule has 0 aliphatic rings. The second-order valence-corrected chi connectivity index (χ2v) is 34.7. The quantitative estimate of drug-likeness (QED) is 0.0204. The van der Waals surface area contributed by atoms with E-state index < -0.39 is 62.3 Å². The number of hydrogen-bond acceptors (Lipinski definition) is 18. The molecule has 5 N–H and O–H groups in total. The van der Waals surface area contributed by atoms with E-state index in [1.807, 2.05) is 94.1 Å². The van der Waals surface area contributed by atoms with Crippen molar-refractivity contribution < 1.29 is 122 Å². The van der Waals surface area contributed by atoms with Crippen LogP contribution in [-0.2, 0) is 85.1 Å². The number of aromatic nitrogens is 7. The van der Waals surface area contributed by atoms with Crippen molar-refractivity contribution in [2.24, 2.45) is 0 Å². The number of aliphatic carboxylic acids is 1. The van der Waals surface area contributed by atoms with Gasteiger partial charge in [-0.1, -0.05) is 125 Å². The molecule has 20 nitrogen and oxygen atoms in total. The Morgan fingerprint density at radius 3 is 0.946 bits per heavy atom. The number of carboxylic acid groups (broad SMARTS) is 1. The Balaban J connectivity index is 0.000000388. The van der Waals surface area contributed by atoms with Crippen LogP contribution in [0, 0.1) is 20.8 Å². The van der Waals surface area contributed by atoms with Gasteiger partial charge in [-0.15, -0.1) is 45.6 Å². The topological polar surface area (TPSA) is 274 Å². The van der Waals surface area contributed by atoms with Gasteiger partial charge in [0, 0.05) is 107 Å². The fraction of sp³-hybridized carbons (Fsp3) is 0.330. The Bertz CT molecular complexity index is 5390. The molecular weight excluding hydrogens is 1820 g/mol. The maximum absolute atomic E-state index is 12.7. The third kappa shape index (κ3) is 35.3. The molecule has 0 spiro atoms. The second kappa shape index (κ2) is 52.8. The van der Waals surface area contributed by atoms with Crippen LogP contribution in [0.4, 0.5) is 39.5 Å². The summed E-state index contributed by atoms with van der Waals surface area (Å²) in [5.41, 5.74) is 4.82. The van der Waals surface area contributed by atoms with E-state index in [-0.39, 0.29) is 42.2 Å². The average Bonchev–Trinajstić information content (AvgIpc) is 1.17. The molecule has 0 bridgehead atoms. The van der Waals surface area contributed by atoms with Gasteiger partial charge in [0.2, 0.25) is 0 Å². The molecule has 14 rings (SSSR count). The number of halogens is 11. The normalized spacial score (nSPS) is 11.2. The number of benzene rings is 7. The molecule has 129 heavy (non-hydrogen) atoms. The molecule has 0 aliphatic carbocycles. The largest absolute Gasteiger partial charge is 1.00 e. The van der Waals surface area contributed by atoms with Crippen molar-refractivity contribution in [3.8, 4) is 31.7 Å². The Morgan fingerprint density at radius 1 is 0.419 bits per heavy atom. The van der Waals surface area contributed by atoms with E-state index in [9.17, 15) is 58.7 Å². The minimum atomic E-state index is -4.32. The monoisotopic (exact) mass is 1930 g/mol. The standard InChI is InChI=1S/2C20H15F3N2S.C12H9ClF3NS.2C8H7N.2C7H14O3.C6H11BrO2.C5H10O3.CH4O.Li.H2O/c2*1-13-18(12-25-11-10-14-4-2-3-5-17(14)25)26-19(24-13)15-6-8-16(9-7-15)20(21,22)23;1-7-10(6-13)18-11(17-7)8-2-4-9(5-3-8)12(14,15)16;2*1-2-4-8-7(3-1)5-6-9-8;2*1-5-10-6(8)7(2,3)9-4;1-4-9-5(8)6(2,3)7;1-5(2,8-3)4(6)7;1-2;;/h2*2-11H,12H2,1H3;2-5H,6H2,1H3;2*1-6,9H;2*5H2,1-4H3;4H2,1-3H3;1-3H3,(H,6,7);2H,1H3;;1H2/q;;;;;;;;;;+1;/p-1. The number of nitrogens with one attached hydrogen (secondary N) is 2. The van der Waals surface area contributed by atoms with Crippen molar-refractivity contribution in [3.63, 3.8) is 0 Å². The first kappa shape index (κ1) is 113. The first-order valence-corrected chi connectivity index (χ1v) is 43.2. The van der Waals surface area contributed by atoms with E-state index in [4.69, 9.17) is 45.5 Å². The van der Waals surface area contributed by atoms with E-state index in [0.29, 0.717) is 60.5 Å². The molecule has 692 valence electrons. The number of alkyl halides is 11. The van der Waals surface area contributed by atoms with Gasteiger partial charge in [0.1, 0.15) is 19.3 Å². The smallest absolute Gasteiger partial charge is 0.870 e. The number of carboxylic acids is 1. The number of rotatable bonds is 18. The van der Waals surface area contributed by atoms with Crippen LogP contribution in [0.5, 0.6) is 0 Å². The van der Waals surface area contributed by atoms with Crippen molar-refractivity contribution in [1.29, 1.82) is 0 Å². The van der Waals surface area contributed by atoms with Gasteiger partial charge in [0.25, 0.3) is 0 Å². The van der Waals surface area contributed by atoms with Crippen molar-refractivity contribution in [1.82, 2.24) is 34.1 Å². The SMILES string of the molecule is CCOC(=O)C(C)(C)Br.CCOC(=O)C(C)(C)OC.CCOC(=O)C(C)(C)OC.CO.COC(C)(C)C(=O)O.Cc1nc(-c2ccc(C(F)(F)F)cc2)sc1CCl.Cc1nc(-c2ccc(C(F)(F)F)cc2)sc1Cn1ccc2ccccc21.Cc1nc(-c2ccc(C(F)(F)F)cc2)sc1Cn1ccc2ccccc21.[Li+].[OH-].c1ccc2[nH]ccc2c1.c1ccc2[nH]ccc2c1. The number of esters is 3. The zero-order chi connectivity index (χ0) is 94.8. The number of thiazole rings is 3. The summed E-state index contributed by atoms with van der Waals surface area (Å²) in [6.07, 6.45) is -4.97. The number of aryl methyl sites for hydroxylation is 3. The van der Waals surface area contributed by atoms with Crippen molar-refractivity contribution in [2.45, 2.75) is 156 Å². The number of aromatic amines is 2. The molecular formula is C94H107BrClF9LiN7O13S3. The van der Waals surface area contributed by atoms with E-state index in [1.54, 1.807) is 62.3 Å². The fourth-order valence-electron chi connectivity index (χ4n) is 10.5. The number of nitrogens with zero attached hydrogens (tertiary/aromatic N) is 5. The number of carbonyl (C=O) groups excluding carboxylic acids is 3. The zero-order valence-electron chi connectivity index (χ0n) is 75.1. The van der Waals surface area contributed by atoms with E-state index in [1.165, 1.54) is 138 Å². The predicted molar refractivity (Wildman–Crippen MR) is 494 cm³/mol. The van der Waals surface area contributed by atoms with E-state index in [0.717, 1.165) is 96.3 Å². The molecule has 14 aromatic rings. The maximum atomic E-state index is 12.7. The van der Waals surface area contributed by atoms with Crippen molar-refractivity contribution >= 4 is 129 Å². The summed E-state index contributed by atoms with van der Waals surface area (Å²) >= 11 is 13.4. The Kier molecular flexibility index (Phi) is 46.3. The summed E-state index contributed by atoms with van der Waals surface area (Å²) in [6.45, 7) is 26.8. The number of carbonyl (C=O) groups is 4. The van der Waals surface area contributed by atoms with Crippen LogP contribution in [0.1, 0.15) is 125 Å². The molecule has 7 aromatic carbocycles.